The number of nitrogens with one attached hydrogen (secondary N) is 2. The van der Waals surface area contributed by atoms with E-state index in [1.54, 1.807) is 23.5 Å². The van der Waals surface area contributed by atoms with E-state index >= 15 is 0 Å². The molecule has 0 aliphatic rings. The summed E-state index contributed by atoms with van der Waals surface area (Å²) in [5, 5.41) is 3.15. The first kappa shape index (κ1) is 27.9. The molecule has 2 aromatic heterocycles. The fourth-order valence-electron chi connectivity index (χ4n) is 5.61. The molecule has 2 heterocycles. The van der Waals surface area contributed by atoms with Crippen molar-refractivity contribution in [3.63, 3.8) is 0 Å². The molecule has 0 spiro atoms. The normalized spacial score (nSPS) is 11.8. The number of H-pyrrole nitrogens is 2. The summed E-state index contributed by atoms with van der Waals surface area (Å²) in [7, 11) is 0. The number of aromatic nitrogens is 2. The van der Waals surface area contributed by atoms with Crippen LogP contribution in [0.1, 0.15) is 47.4 Å². The predicted molar refractivity (Wildman–Crippen MR) is 178 cm³/mol. The molecule has 4 aromatic carbocycles. The van der Waals surface area contributed by atoms with Gasteiger partial charge in [-0.2, -0.15) is 0 Å². The van der Waals surface area contributed by atoms with E-state index in [4.69, 9.17) is 17.3 Å². The van der Waals surface area contributed by atoms with Crippen molar-refractivity contribution < 1.29 is 0 Å². The molecular formula is C35H33ClN3S2. The van der Waals surface area contributed by atoms with Gasteiger partial charge in [0.2, 0.25) is 0 Å². The maximum Gasteiger partial charge on any atom is 0.0491 e. The van der Waals surface area contributed by atoms with Crippen LogP contribution in [0.4, 0.5) is 5.69 Å². The molecule has 6 rings (SSSR count). The first-order valence-corrected chi connectivity index (χ1v) is 15.7. The van der Waals surface area contributed by atoms with E-state index in [0.29, 0.717) is 0 Å². The van der Waals surface area contributed by atoms with Crippen molar-refractivity contribution in [2.75, 3.05) is 5.73 Å². The smallest absolute Gasteiger partial charge is 0.0491 e. The Balaban J connectivity index is 1.44. The van der Waals surface area contributed by atoms with Crippen molar-refractivity contribution in [3.8, 4) is 0 Å². The topological polar surface area (TPSA) is 57.6 Å². The third-order valence-electron chi connectivity index (χ3n) is 7.90. The molecule has 3 nitrogen and oxygen atoms in total. The molecule has 0 unspecified atom stereocenters. The zero-order chi connectivity index (χ0) is 28.8. The number of halogens is 1. The van der Waals surface area contributed by atoms with Crippen molar-refractivity contribution in [2.45, 2.75) is 60.6 Å². The summed E-state index contributed by atoms with van der Waals surface area (Å²) < 4.78 is 0. The molecular weight excluding hydrogens is 562 g/mol. The van der Waals surface area contributed by atoms with Crippen LogP contribution in [0.2, 0.25) is 5.02 Å². The van der Waals surface area contributed by atoms with Gasteiger partial charge in [-0.1, -0.05) is 91.4 Å². The molecule has 0 fully saturated rings. The van der Waals surface area contributed by atoms with Gasteiger partial charge in [0.25, 0.3) is 0 Å². The van der Waals surface area contributed by atoms with E-state index in [9.17, 15) is 0 Å². The average molecular weight is 595 g/mol. The second-order valence-electron chi connectivity index (χ2n) is 10.8. The minimum Gasteiger partial charge on any atom is -0.398 e. The Bertz CT molecular complexity index is 1910. The second kappa shape index (κ2) is 11.2. The minimum absolute atomic E-state index is 0.737. The summed E-state index contributed by atoms with van der Waals surface area (Å²) in [6.45, 7) is 10.9. The van der Waals surface area contributed by atoms with Gasteiger partial charge in [0.05, 0.1) is 0 Å². The highest BCUT2D eigenvalue weighted by molar-refractivity contribution is 8.00. The van der Waals surface area contributed by atoms with E-state index in [-0.39, 0.29) is 0 Å². The number of fused-ring (bicyclic) bond motifs is 2. The number of nitrogen functional groups attached to an aromatic ring is 1. The number of anilines is 1. The van der Waals surface area contributed by atoms with Crippen molar-refractivity contribution in [1.29, 1.82) is 0 Å². The van der Waals surface area contributed by atoms with Gasteiger partial charge < -0.3 is 15.7 Å². The first-order valence-electron chi connectivity index (χ1n) is 13.7. The minimum atomic E-state index is 0.737. The Labute approximate surface area is 255 Å². The lowest BCUT2D eigenvalue weighted by atomic mass is 9.86. The van der Waals surface area contributed by atoms with Crippen molar-refractivity contribution in [3.05, 3.63) is 117 Å². The molecule has 41 heavy (non-hydrogen) atoms. The molecule has 1 radical (unpaired) electrons. The highest BCUT2D eigenvalue weighted by atomic mass is 35.5. The molecule has 4 N–H and O–H groups in total. The SMILES string of the molecule is C[C](C)c1c(Cc2ccccc2Sc2c[nH]c3cc(Cl)ccc23)c(C)c(C)c(N)c1Sc1c(C)[nH]c2ccccc12. The van der Waals surface area contributed by atoms with E-state index in [0.717, 1.165) is 44.3 Å². The van der Waals surface area contributed by atoms with Crippen LogP contribution in [0.3, 0.4) is 0 Å². The van der Waals surface area contributed by atoms with Crippen LogP contribution in [0.5, 0.6) is 0 Å². The van der Waals surface area contributed by atoms with Crippen LogP contribution >= 0.6 is 35.1 Å². The Kier molecular flexibility index (Phi) is 7.62. The summed E-state index contributed by atoms with van der Waals surface area (Å²) in [4.78, 5) is 11.8. The maximum atomic E-state index is 6.92. The van der Waals surface area contributed by atoms with Gasteiger partial charge in [-0.25, -0.2) is 0 Å². The van der Waals surface area contributed by atoms with Crippen LogP contribution in [0.15, 0.2) is 92.5 Å². The quantitative estimate of drug-likeness (QED) is 0.161. The lowest BCUT2D eigenvalue weighted by Crippen LogP contribution is -2.09. The van der Waals surface area contributed by atoms with E-state index < -0.39 is 0 Å². The van der Waals surface area contributed by atoms with Crippen LogP contribution < -0.4 is 5.73 Å². The van der Waals surface area contributed by atoms with Gasteiger partial charge >= 0.3 is 0 Å². The van der Waals surface area contributed by atoms with Crippen molar-refractivity contribution >= 4 is 62.6 Å². The summed E-state index contributed by atoms with van der Waals surface area (Å²) in [5.74, 6) is 1.27. The fraction of sp³-hybridized carbons (Fsp3) is 0.171. The van der Waals surface area contributed by atoms with E-state index in [2.05, 4.69) is 105 Å². The molecule has 0 bridgehead atoms. The molecule has 6 heteroatoms. The van der Waals surface area contributed by atoms with E-state index in [1.165, 1.54) is 53.6 Å². The van der Waals surface area contributed by atoms with Crippen LogP contribution in [0.25, 0.3) is 21.8 Å². The molecule has 0 atom stereocenters. The van der Waals surface area contributed by atoms with Gasteiger partial charge in [-0.05, 0) is 79.3 Å². The zero-order valence-electron chi connectivity index (χ0n) is 23.9. The Morgan fingerprint density at radius 1 is 0.805 bits per heavy atom. The molecule has 0 saturated carbocycles. The number of benzene rings is 4. The molecule has 0 aliphatic heterocycles. The zero-order valence-corrected chi connectivity index (χ0v) is 26.3. The third kappa shape index (κ3) is 5.16. The summed E-state index contributed by atoms with van der Waals surface area (Å²) >= 11 is 9.83. The van der Waals surface area contributed by atoms with Gasteiger partial charge in [0.1, 0.15) is 0 Å². The molecule has 207 valence electrons. The highest BCUT2D eigenvalue weighted by Gasteiger charge is 2.24. The van der Waals surface area contributed by atoms with Crippen LogP contribution in [-0.4, -0.2) is 9.97 Å². The third-order valence-corrected chi connectivity index (χ3v) is 10.7. The van der Waals surface area contributed by atoms with Gasteiger partial charge in [-0.3, -0.25) is 0 Å². The number of hydrogen-bond donors (Lipinski definition) is 3. The largest absolute Gasteiger partial charge is 0.398 e. The van der Waals surface area contributed by atoms with Gasteiger partial charge in [0.15, 0.2) is 0 Å². The lowest BCUT2D eigenvalue weighted by molar-refractivity contribution is 0.996. The molecule has 6 aromatic rings. The Hall–Kier alpha value is -3.25. The van der Waals surface area contributed by atoms with Crippen LogP contribution in [-0.2, 0) is 6.42 Å². The van der Waals surface area contributed by atoms with E-state index in [1.807, 2.05) is 12.1 Å². The van der Waals surface area contributed by atoms with Crippen LogP contribution in [0, 0.1) is 26.7 Å². The fourth-order valence-corrected chi connectivity index (χ4v) is 8.23. The number of para-hydroxylation sites is 1. The molecule has 0 aliphatic carbocycles. The average Bonchev–Trinajstić information content (AvgIpc) is 3.49. The molecule has 0 saturated heterocycles. The van der Waals surface area contributed by atoms with Gasteiger partial charge in [-0.15, -0.1) is 0 Å². The second-order valence-corrected chi connectivity index (χ2v) is 13.3. The standard InChI is InChI=1S/C35H33ClN3S2/c1-19(2)32-27(16-23-10-6-9-13-30(23)40-31-18-38-29-17-24(36)14-15-25(29)31)20(3)21(4)33(37)35(32)41-34-22(5)39-28-12-8-7-11-26(28)34/h6-15,17-18,38-39H,16,37H2,1-5H3. The first-order chi connectivity index (χ1) is 19.7. The number of aryl methyl sites for hydroxylation is 1. The number of aromatic amines is 2. The monoisotopic (exact) mass is 594 g/mol. The highest BCUT2D eigenvalue weighted by Crippen LogP contribution is 2.47. The number of rotatable bonds is 7. The van der Waals surface area contributed by atoms with Gasteiger partial charge in [0, 0.05) is 69.9 Å². The molecule has 0 amide bonds. The Morgan fingerprint density at radius 2 is 1.56 bits per heavy atom. The number of hydrogen-bond acceptors (Lipinski definition) is 3. The van der Waals surface area contributed by atoms with Crippen molar-refractivity contribution in [1.82, 2.24) is 9.97 Å². The summed E-state index contributed by atoms with van der Waals surface area (Å²) in [6.07, 6.45) is 2.90. The maximum absolute atomic E-state index is 6.92. The predicted octanol–water partition coefficient (Wildman–Crippen LogP) is 10.7. The Morgan fingerprint density at radius 3 is 2.37 bits per heavy atom. The number of nitrogens with two attached hydrogens (primary N) is 1. The van der Waals surface area contributed by atoms with Crippen molar-refractivity contribution in [2.24, 2.45) is 0 Å². The summed E-state index contributed by atoms with van der Waals surface area (Å²) in [5.41, 5.74) is 17.5. The summed E-state index contributed by atoms with van der Waals surface area (Å²) in [6, 6.07) is 23.3. The lowest BCUT2D eigenvalue weighted by Gasteiger charge is -2.25.